The zero-order chi connectivity index (χ0) is 12.5. The Morgan fingerprint density at radius 2 is 1.88 bits per heavy atom. The van der Waals surface area contributed by atoms with Crippen molar-refractivity contribution < 1.29 is 4.74 Å². The molecule has 1 aromatic carbocycles. The fourth-order valence-electron chi connectivity index (χ4n) is 1.73. The first kappa shape index (κ1) is 14.4. The minimum Gasteiger partial charge on any atom is -0.494 e. The van der Waals surface area contributed by atoms with Crippen LogP contribution in [0.25, 0.3) is 0 Å². The van der Waals surface area contributed by atoms with Crippen molar-refractivity contribution in [1.82, 2.24) is 0 Å². The summed E-state index contributed by atoms with van der Waals surface area (Å²) in [6.07, 6.45) is 4.73. The van der Waals surface area contributed by atoms with Crippen molar-refractivity contribution in [2.24, 2.45) is 5.92 Å². The van der Waals surface area contributed by atoms with Crippen LogP contribution in [0, 0.1) is 5.92 Å². The van der Waals surface area contributed by atoms with Gasteiger partial charge in [-0.25, -0.2) is 0 Å². The Morgan fingerprint density at radius 1 is 1.18 bits per heavy atom. The van der Waals surface area contributed by atoms with Crippen molar-refractivity contribution >= 4 is 12.6 Å². The zero-order valence-electron chi connectivity index (χ0n) is 11.0. The third kappa shape index (κ3) is 6.02. The van der Waals surface area contributed by atoms with Gasteiger partial charge >= 0.3 is 0 Å². The maximum Gasteiger partial charge on any atom is 0.119 e. The Labute approximate surface area is 111 Å². The Morgan fingerprint density at radius 3 is 2.47 bits per heavy atom. The molecule has 0 aromatic heterocycles. The molecule has 0 saturated heterocycles. The van der Waals surface area contributed by atoms with Crippen molar-refractivity contribution in [2.45, 2.75) is 39.5 Å². The van der Waals surface area contributed by atoms with Gasteiger partial charge in [-0.05, 0) is 42.2 Å². The summed E-state index contributed by atoms with van der Waals surface area (Å²) in [6.45, 7) is 5.26. The van der Waals surface area contributed by atoms with Gasteiger partial charge in [0, 0.05) is 0 Å². The highest BCUT2D eigenvalue weighted by Gasteiger charge is 2.01. The number of benzene rings is 1. The van der Waals surface area contributed by atoms with E-state index in [9.17, 15) is 0 Å². The molecule has 0 aliphatic carbocycles. The topological polar surface area (TPSA) is 9.23 Å². The third-order valence-corrected chi connectivity index (χ3v) is 3.46. The summed E-state index contributed by atoms with van der Waals surface area (Å²) < 4.78 is 5.68. The normalized spacial score (nSPS) is 12.4. The summed E-state index contributed by atoms with van der Waals surface area (Å²) in [5.41, 5.74) is 1.37. The second kappa shape index (κ2) is 8.46. The molecule has 1 aromatic rings. The highest BCUT2D eigenvalue weighted by Crippen LogP contribution is 2.16. The smallest absolute Gasteiger partial charge is 0.119 e. The van der Waals surface area contributed by atoms with Crippen molar-refractivity contribution in [3.8, 4) is 5.75 Å². The predicted octanol–water partition coefficient (Wildman–Crippen LogP) is 4.36. The molecule has 0 aliphatic rings. The molecule has 2 heteroatoms. The first-order valence-corrected chi connectivity index (χ1v) is 7.22. The molecule has 0 radical (unpaired) electrons. The molecule has 96 valence electrons. The quantitative estimate of drug-likeness (QED) is 0.534. The molecule has 0 saturated carbocycles. The first-order valence-electron chi connectivity index (χ1n) is 6.58. The van der Waals surface area contributed by atoms with Crippen LogP contribution in [0.4, 0.5) is 0 Å². The van der Waals surface area contributed by atoms with Crippen LogP contribution in [0.5, 0.6) is 5.75 Å². The highest BCUT2D eigenvalue weighted by molar-refractivity contribution is 7.80. The first-order chi connectivity index (χ1) is 8.26. The van der Waals surface area contributed by atoms with Crippen molar-refractivity contribution in [3.05, 3.63) is 29.8 Å². The second-order valence-electron chi connectivity index (χ2n) is 4.69. The van der Waals surface area contributed by atoms with Gasteiger partial charge in [-0.3, -0.25) is 0 Å². The summed E-state index contributed by atoms with van der Waals surface area (Å²) in [5, 5.41) is 0. The maximum absolute atomic E-state index is 5.68. The van der Waals surface area contributed by atoms with Gasteiger partial charge in [0.05, 0.1) is 6.61 Å². The van der Waals surface area contributed by atoms with E-state index in [1.807, 2.05) is 0 Å². The van der Waals surface area contributed by atoms with Gasteiger partial charge in [0.1, 0.15) is 5.75 Å². The molecule has 1 atom stereocenters. The van der Waals surface area contributed by atoms with Crippen LogP contribution in [0.3, 0.4) is 0 Å². The lowest BCUT2D eigenvalue weighted by molar-refractivity contribution is 0.306. The summed E-state index contributed by atoms with van der Waals surface area (Å²) in [7, 11) is 0. The van der Waals surface area contributed by atoms with Crippen LogP contribution < -0.4 is 4.74 Å². The molecule has 0 bridgehead atoms. The average molecular weight is 252 g/mol. The molecular weight excluding hydrogens is 228 g/mol. The number of ether oxygens (including phenoxy) is 1. The lowest BCUT2D eigenvalue weighted by Crippen LogP contribution is -2.01. The van der Waals surface area contributed by atoms with Gasteiger partial charge in [-0.15, -0.1) is 0 Å². The summed E-state index contributed by atoms with van der Waals surface area (Å²) >= 11 is 4.31. The van der Waals surface area contributed by atoms with E-state index in [0.29, 0.717) is 5.92 Å². The number of hydrogen-bond acceptors (Lipinski definition) is 2. The SMILES string of the molecule is CCCCCOc1ccc(CC(C)CS)cc1. The summed E-state index contributed by atoms with van der Waals surface area (Å²) in [4.78, 5) is 0. The molecule has 0 fully saturated rings. The molecule has 1 nitrogen and oxygen atoms in total. The molecule has 0 aliphatic heterocycles. The second-order valence-corrected chi connectivity index (χ2v) is 5.06. The number of hydrogen-bond donors (Lipinski definition) is 1. The minimum absolute atomic E-state index is 0.634. The number of unbranched alkanes of at least 4 members (excludes halogenated alkanes) is 2. The van der Waals surface area contributed by atoms with Gasteiger partial charge in [0.15, 0.2) is 0 Å². The lowest BCUT2D eigenvalue weighted by atomic mass is 10.0. The van der Waals surface area contributed by atoms with Gasteiger partial charge in [-0.2, -0.15) is 12.6 Å². The van der Waals surface area contributed by atoms with Gasteiger partial charge in [0.25, 0.3) is 0 Å². The van der Waals surface area contributed by atoms with Crippen LogP contribution in [0.15, 0.2) is 24.3 Å². The van der Waals surface area contributed by atoms with E-state index in [4.69, 9.17) is 4.74 Å². The van der Waals surface area contributed by atoms with E-state index < -0.39 is 0 Å². The molecule has 17 heavy (non-hydrogen) atoms. The fraction of sp³-hybridized carbons (Fsp3) is 0.600. The van der Waals surface area contributed by atoms with Gasteiger partial charge in [0.2, 0.25) is 0 Å². The molecule has 1 unspecified atom stereocenters. The number of rotatable bonds is 8. The van der Waals surface area contributed by atoms with Crippen molar-refractivity contribution in [2.75, 3.05) is 12.4 Å². The largest absolute Gasteiger partial charge is 0.494 e. The lowest BCUT2D eigenvalue weighted by Gasteiger charge is -2.09. The Balaban J connectivity index is 2.34. The predicted molar refractivity (Wildman–Crippen MR) is 78.2 cm³/mol. The molecule has 0 spiro atoms. The van der Waals surface area contributed by atoms with Crippen LogP contribution >= 0.6 is 12.6 Å². The monoisotopic (exact) mass is 252 g/mol. The molecule has 1 rings (SSSR count). The van der Waals surface area contributed by atoms with Gasteiger partial charge in [-0.1, -0.05) is 38.8 Å². The molecule has 0 amide bonds. The molecular formula is C15H24OS. The molecule has 0 N–H and O–H groups in total. The standard InChI is InChI=1S/C15H24OS/c1-3-4-5-10-16-15-8-6-14(7-9-15)11-13(2)12-17/h6-9,13,17H,3-5,10-12H2,1-2H3. The van der Waals surface area contributed by atoms with E-state index in [-0.39, 0.29) is 0 Å². The summed E-state index contributed by atoms with van der Waals surface area (Å²) in [6, 6.07) is 8.48. The van der Waals surface area contributed by atoms with Crippen LogP contribution in [0.2, 0.25) is 0 Å². The van der Waals surface area contributed by atoms with Gasteiger partial charge < -0.3 is 4.74 Å². The average Bonchev–Trinajstić information content (AvgIpc) is 2.36. The van der Waals surface area contributed by atoms with E-state index in [2.05, 4.69) is 50.7 Å². The van der Waals surface area contributed by atoms with Crippen molar-refractivity contribution in [1.29, 1.82) is 0 Å². The van der Waals surface area contributed by atoms with Crippen LogP contribution in [-0.2, 0) is 6.42 Å². The zero-order valence-corrected chi connectivity index (χ0v) is 11.9. The van der Waals surface area contributed by atoms with Crippen LogP contribution in [-0.4, -0.2) is 12.4 Å². The van der Waals surface area contributed by atoms with E-state index in [1.54, 1.807) is 0 Å². The van der Waals surface area contributed by atoms with E-state index >= 15 is 0 Å². The minimum atomic E-state index is 0.634. The maximum atomic E-state index is 5.68. The highest BCUT2D eigenvalue weighted by atomic mass is 32.1. The molecule has 0 heterocycles. The Bertz CT molecular complexity index is 294. The van der Waals surface area contributed by atoms with Crippen LogP contribution in [0.1, 0.15) is 38.7 Å². The fourth-order valence-corrected chi connectivity index (χ4v) is 1.86. The van der Waals surface area contributed by atoms with E-state index in [0.717, 1.165) is 31.0 Å². The summed E-state index contributed by atoms with van der Waals surface area (Å²) in [5.74, 6) is 2.56. The van der Waals surface area contributed by atoms with E-state index in [1.165, 1.54) is 18.4 Å². The van der Waals surface area contributed by atoms with Crippen molar-refractivity contribution in [3.63, 3.8) is 0 Å². The third-order valence-electron chi connectivity index (χ3n) is 2.84. The number of thiol groups is 1. The Hall–Kier alpha value is -0.630. The Kier molecular flexibility index (Phi) is 7.18.